The number of nitrogens with one attached hydrogen (secondary N) is 1. The van der Waals surface area contributed by atoms with Crippen LogP contribution in [0.5, 0.6) is 0 Å². The van der Waals surface area contributed by atoms with E-state index in [1.807, 2.05) is 0 Å². The molecule has 0 bridgehead atoms. The molecule has 0 atom stereocenters. The number of carbonyl (C=O) groups is 1. The molecule has 0 saturated carbocycles. The van der Waals surface area contributed by atoms with E-state index >= 15 is 0 Å². The molecule has 0 saturated heterocycles. The zero-order valence-electron chi connectivity index (χ0n) is 11.8. The monoisotopic (exact) mass is 311 g/mol. The van der Waals surface area contributed by atoms with Gasteiger partial charge in [-0.1, -0.05) is 11.8 Å². The average Bonchev–Trinajstić information content (AvgIpc) is 2.38. The van der Waals surface area contributed by atoms with Gasteiger partial charge in [0.2, 0.25) is 10.0 Å². The smallest absolute Gasteiger partial charge is 0.323 e. The molecule has 0 amide bonds. The minimum atomic E-state index is -3.81. The number of sulfonamides is 1. The molecule has 0 aliphatic rings. The molecular weight excluding hydrogens is 294 g/mol. The molecule has 0 aliphatic carbocycles. The van der Waals surface area contributed by atoms with Crippen LogP contribution in [0.4, 0.5) is 5.69 Å². The third-order valence-corrected chi connectivity index (χ3v) is 3.56. The molecule has 2 N–H and O–H groups in total. The second kappa shape index (κ2) is 7.67. The van der Waals surface area contributed by atoms with E-state index in [1.165, 1.54) is 0 Å². The van der Waals surface area contributed by atoms with Crippen molar-refractivity contribution in [2.75, 3.05) is 23.7 Å². The van der Waals surface area contributed by atoms with Crippen LogP contribution in [0.25, 0.3) is 0 Å². The van der Waals surface area contributed by atoms with Crippen molar-refractivity contribution in [3.63, 3.8) is 0 Å². The standard InChI is InChI=1S/C14H17NO5S/c1-3-20-14(17)10-21(18,19)15-13-7-6-12(5-4-8-16)9-11(13)2/h6-7,9,15-16H,3,8,10H2,1-2H3. The van der Waals surface area contributed by atoms with Crippen LogP contribution in [-0.4, -0.2) is 38.5 Å². The molecule has 0 aromatic heterocycles. The highest BCUT2D eigenvalue weighted by Crippen LogP contribution is 2.17. The average molecular weight is 311 g/mol. The number of hydrogen-bond acceptors (Lipinski definition) is 5. The molecule has 0 spiro atoms. The van der Waals surface area contributed by atoms with Gasteiger partial charge in [0.15, 0.2) is 5.75 Å². The lowest BCUT2D eigenvalue weighted by molar-refractivity contribution is -0.139. The van der Waals surface area contributed by atoms with E-state index in [1.54, 1.807) is 32.0 Å². The highest BCUT2D eigenvalue weighted by atomic mass is 32.2. The summed E-state index contributed by atoms with van der Waals surface area (Å²) in [6, 6.07) is 4.86. The largest absolute Gasteiger partial charge is 0.465 e. The van der Waals surface area contributed by atoms with Gasteiger partial charge in [-0.15, -0.1) is 0 Å². The summed E-state index contributed by atoms with van der Waals surface area (Å²) in [4.78, 5) is 11.2. The topological polar surface area (TPSA) is 92.7 Å². The predicted molar refractivity (Wildman–Crippen MR) is 79.2 cm³/mol. The Bertz CT molecular complexity index is 670. The summed E-state index contributed by atoms with van der Waals surface area (Å²) in [5.41, 5.74) is 1.69. The van der Waals surface area contributed by atoms with Crippen molar-refractivity contribution in [3.05, 3.63) is 29.3 Å². The molecule has 6 nitrogen and oxygen atoms in total. The summed E-state index contributed by atoms with van der Waals surface area (Å²) in [6.45, 7) is 3.21. The third kappa shape index (κ3) is 5.85. The Morgan fingerprint density at radius 1 is 1.43 bits per heavy atom. The molecule has 0 unspecified atom stereocenters. The molecule has 0 radical (unpaired) electrons. The van der Waals surface area contributed by atoms with Gasteiger partial charge in [0.25, 0.3) is 0 Å². The lowest BCUT2D eigenvalue weighted by Gasteiger charge is -2.10. The lowest BCUT2D eigenvalue weighted by atomic mass is 10.1. The fourth-order valence-corrected chi connectivity index (χ4v) is 2.59. The second-order valence-corrected chi connectivity index (χ2v) is 5.88. The quantitative estimate of drug-likeness (QED) is 0.615. The Labute approximate surface area is 124 Å². The van der Waals surface area contributed by atoms with E-state index in [9.17, 15) is 13.2 Å². The summed E-state index contributed by atoms with van der Waals surface area (Å²) >= 11 is 0. The normalized spacial score (nSPS) is 10.4. The number of benzene rings is 1. The first-order valence-corrected chi connectivity index (χ1v) is 7.89. The van der Waals surface area contributed by atoms with Gasteiger partial charge in [0.05, 0.1) is 12.3 Å². The van der Waals surface area contributed by atoms with Crippen LogP contribution in [0.1, 0.15) is 18.1 Å². The maximum absolute atomic E-state index is 11.8. The minimum absolute atomic E-state index is 0.131. The van der Waals surface area contributed by atoms with E-state index in [0.29, 0.717) is 16.8 Å². The lowest BCUT2D eigenvalue weighted by Crippen LogP contribution is -2.24. The van der Waals surface area contributed by atoms with Gasteiger partial charge in [-0.05, 0) is 37.6 Å². The van der Waals surface area contributed by atoms with Gasteiger partial charge in [-0.25, -0.2) is 8.42 Å². The van der Waals surface area contributed by atoms with Crippen LogP contribution < -0.4 is 4.72 Å². The Hall–Kier alpha value is -2.04. The van der Waals surface area contributed by atoms with E-state index in [4.69, 9.17) is 5.11 Å². The van der Waals surface area contributed by atoms with E-state index < -0.39 is 21.7 Å². The van der Waals surface area contributed by atoms with Gasteiger partial charge in [-0.3, -0.25) is 9.52 Å². The number of aryl methyl sites for hydroxylation is 1. The summed E-state index contributed by atoms with van der Waals surface area (Å²) in [5.74, 6) is 3.70. The van der Waals surface area contributed by atoms with E-state index in [0.717, 1.165) is 0 Å². The molecule has 1 rings (SSSR count). The van der Waals surface area contributed by atoms with Crippen molar-refractivity contribution < 1.29 is 23.1 Å². The third-order valence-electron chi connectivity index (χ3n) is 2.42. The molecule has 114 valence electrons. The second-order valence-electron chi connectivity index (χ2n) is 4.16. The Morgan fingerprint density at radius 2 is 2.14 bits per heavy atom. The number of hydrogen-bond donors (Lipinski definition) is 2. The first-order chi connectivity index (χ1) is 9.88. The van der Waals surface area contributed by atoms with Crippen LogP contribution in [0.2, 0.25) is 0 Å². The van der Waals surface area contributed by atoms with Gasteiger partial charge < -0.3 is 9.84 Å². The first-order valence-electron chi connectivity index (χ1n) is 6.24. The number of anilines is 1. The van der Waals surface area contributed by atoms with E-state index in [-0.39, 0.29) is 13.2 Å². The molecule has 21 heavy (non-hydrogen) atoms. The van der Waals surface area contributed by atoms with Crippen LogP contribution >= 0.6 is 0 Å². The van der Waals surface area contributed by atoms with Crippen LogP contribution in [0.15, 0.2) is 18.2 Å². The van der Waals surface area contributed by atoms with Gasteiger partial charge >= 0.3 is 5.97 Å². The molecule has 1 aromatic carbocycles. The highest BCUT2D eigenvalue weighted by molar-refractivity contribution is 7.93. The predicted octanol–water partition coefficient (Wildman–Crippen LogP) is 0.644. The minimum Gasteiger partial charge on any atom is -0.465 e. The van der Waals surface area contributed by atoms with Crippen molar-refractivity contribution in [1.82, 2.24) is 0 Å². The maximum atomic E-state index is 11.8. The summed E-state index contributed by atoms with van der Waals surface area (Å²) in [6.07, 6.45) is 0. The molecule has 1 aromatic rings. The molecule has 0 aliphatic heterocycles. The molecular formula is C14H17NO5S. The highest BCUT2D eigenvalue weighted by Gasteiger charge is 2.18. The van der Waals surface area contributed by atoms with Crippen molar-refractivity contribution in [3.8, 4) is 11.8 Å². The number of esters is 1. The SMILES string of the molecule is CCOC(=O)CS(=O)(=O)Nc1ccc(C#CCO)cc1C. The fraction of sp³-hybridized carbons (Fsp3) is 0.357. The van der Waals surface area contributed by atoms with Crippen LogP contribution in [0, 0.1) is 18.8 Å². The summed E-state index contributed by atoms with van der Waals surface area (Å²) < 4.78 is 30.6. The molecule has 7 heteroatoms. The Balaban J connectivity index is 2.85. The number of carbonyl (C=O) groups excluding carboxylic acids is 1. The van der Waals surface area contributed by atoms with Gasteiger partial charge in [0, 0.05) is 5.56 Å². The van der Waals surface area contributed by atoms with Gasteiger partial charge in [-0.2, -0.15) is 0 Å². The van der Waals surface area contributed by atoms with Crippen LogP contribution in [0.3, 0.4) is 0 Å². The number of aliphatic hydroxyl groups is 1. The number of rotatable bonds is 5. The van der Waals surface area contributed by atoms with E-state index in [2.05, 4.69) is 21.3 Å². The Kier molecular flexibility index (Phi) is 6.21. The van der Waals surface area contributed by atoms with Crippen LogP contribution in [-0.2, 0) is 19.6 Å². The number of ether oxygens (including phenoxy) is 1. The maximum Gasteiger partial charge on any atom is 0.323 e. The van der Waals surface area contributed by atoms with Gasteiger partial charge in [0.1, 0.15) is 6.61 Å². The Morgan fingerprint density at radius 3 is 2.71 bits per heavy atom. The fourth-order valence-electron chi connectivity index (χ4n) is 1.56. The molecule has 0 fully saturated rings. The first kappa shape index (κ1) is 17.0. The van der Waals surface area contributed by atoms with Crippen molar-refractivity contribution in [1.29, 1.82) is 0 Å². The van der Waals surface area contributed by atoms with Crippen molar-refractivity contribution >= 4 is 21.7 Å². The summed E-state index contributed by atoms with van der Waals surface area (Å²) in [7, 11) is -3.81. The zero-order valence-corrected chi connectivity index (χ0v) is 12.7. The summed E-state index contributed by atoms with van der Waals surface area (Å²) in [5, 5.41) is 8.62. The van der Waals surface area contributed by atoms with Crippen molar-refractivity contribution in [2.24, 2.45) is 0 Å². The van der Waals surface area contributed by atoms with Crippen molar-refractivity contribution in [2.45, 2.75) is 13.8 Å². The number of aliphatic hydroxyl groups excluding tert-OH is 1. The zero-order chi connectivity index (χ0) is 15.9. The molecule has 0 heterocycles.